The number of rotatable bonds is 7. The second-order valence-corrected chi connectivity index (χ2v) is 5.21. The molecule has 0 saturated heterocycles. The molecule has 4 nitrogen and oxygen atoms in total. The third-order valence-electron chi connectivity index (χ3n) is 1.03. The fraction of sp³-hybridized carbons (Fsp3) is 1.00. The second kappa shape index (κ2) is 6.68. The molecule has 76 valence electrons. The largest absolute Gasteiger partial charge is 0.382 e. The lowest BCUT2D eigenvalue weighted by Gasteiger charge is -2.28. The zero-order valence-electron chi connectivity index (χ0n) is 7.91. The van der Waals surface area contributed by atoms with Crippen molar-refractivity contribution in [1.82, 2.24) is 0 Å². The summed E-state index contributed by atoms with van der Waals surface area (Å²) in [6.45, 7) is 2.10. The number of hydrogen-bond acceptors (Lipinski definition) is 4. The highest BCUT2D eigenvalue weighted by molar-refractivity contribution is 8.23. The molecule has 1 N–H and O–H groups in total. The van der Waals surface area contributed by atoms with Gasteiger partial charge in [0.05, 0.1) is 26.4 Å². The summed E-state index contributed by atoms with van der Waals surface area (Å²) in [5, 5.41) is 0. The number of ether oxygens (including phenoxy) is 2. The Morgan fingerprint density at radius 3 is 2.17 bits per heavy atom. The van der Waals surface area contributed by atoms with Gasteiger partial charge >= 0.3 is 0 Å². The van der Waals surface area contributed by atoms with E-state index in [1.54, 1.807) is 19.6 Å². The summed E-state index contributed by atoms with van der Waals surface area (Å²) in [6.07, 6.45) is 3.34. The van der Waals surface area contributed by atoms with E-state index >= 15 is 0 Å². The molecule has 0 aromatic heterocycles. The van der Waals surface area contributed by atoms with Gasteiger partial charge in [-0.25, -0.2) is 0 Å². The van der Waals surface area contributed by atoms with E-state index in [2.05, 4.69) is 0 Å². The summed E-state index contributed by atoms with van der Waals surface area (Å²) in [5.74, 6) is 0. The van der Waals surface area contributed by atoms with Gasteiger partial charge in [-0.15, -0.1) is 0 Å². The Morgan fingerprint density at radius 1 is 1.08 bits per heavy atom. The first-order valence-electron chi connectivity index (χ1n) is 3.73. The molecule has 0 radical (unpaired) electrons. The van der Waals surface area contributed by atoms with Crippen LogP contribution in [0, 0.1) is 0 Å². The predicted octanol–water partition coefficient (Wildman–Crippen LogP) is 1.12. The van der Waals surface area contributed by atoms with Crippen molar-refractivity contribution in [2.45, 2.75) is 0 Å². The minimum absolute atomic E-state index is 0.433. The van der Waals surface area contributed by atoms with Crippen molar-refractivity contribution in [2.75, 3.05) is 46.0 Å². The average molecular weight is 198 g/mol. The summed E-state index contributed by atoms with van der Waals surface area (Å²) in [5.41, 5.74) is 0. The molecular weight excluding hydrogens is 180 g/mol. The summed E-state index contributed by atoms with van der Waals surface area (Å²) < 4.78 is 24.2. The van der Waals surface area contributed by atoms with Crippen LogP contribution >= 0.6 is 10.6 Å². The van der Waals surface area contributed by atoms with Crippen LogP contribution in [0.5, 0.6) is 0 Å². The van der Waals surface area contributed by atoms with Gasteiger partial charge in [-0.2, -0.15) is 10.6 Å². The lowest BCUT2D eigenvalue weighted by atomic mass is 10.7. The van der Waals surface area contributed by atoms with Crippen LogP contribution < -0.4 is 0 Å². The maximum Gasteiger partial charge on any atom is 0.0947 e. The molecule has 0 unspecified atom stereocenters. The first-order valence-corrected chi connectivity index (χ1v) is 6.06. The van der Waals surface area contributed by atoms with E-state index in [1.807, 2.05) is 0 Å². The molecule has 0 aliphatic carbocycles. The van der Waals surface area contributed by atoms with Crippen molar-refractivity contribution >= 4 is 10.6 Å². The Bertz CT molecular complexity index is 102. The fourth-order valence-corrected chi connectivity index (χ4v) is 1.02. The van der Waals surface area contributed by atoms with E-state index in [1.165, 1.54) is 0 Å². The molecule has 0 heterocycles. The lowest BCUT2D eigenvalue weighted by molar-refractivity contribution is 0.0555. The molecule has 0 aromatic carbocycles. The maximum atomic E-state index is 9.20. The van der Waals surface area contributed by atoms with Crippen LogP contribution in [0.15, 0.2) is 0 Å². The van der Waals surface area contributed by atoms with E-state index in [0.29, 0.717) is 26.4 Å². The molecule has 0 rings (SSSR count). The zero-order valence-corrected chi connectivity index (χ0v) is 8.73. The third kappa shape index (κ3) is 10.2. The summed E-state index contributed by atoms with van der Waals surface area (Å²) in [7, 11) is -0.202. The fourth-order valence-electron chi connectivity index (χ4n) is 0.541. The molecule has 0 aromatic rings. The van der Waals surface area contributed by atoms with Gasteiger partial charge in [-0.05, 0) is 0 Å². The molecule has 5 heteroatoms. The number of methoxy groups -OCH3 is 1. The van der Waals surface area contributed by atoms with Crippen molar-refractivity contribution in [3.8, 4) is 0 Å². The van der Waals surface area contributed by atoms with Gasteiger partial charge in [0.15, 0.2) is 0 Å². The molecule has 0 bridgehead atoms. The Labute approximate surface area is 75.5 Å². The quantitative estimate of drug-likeness (QED) is 0.623. The average Bonchev–Trinajstić information content (AvgIpc) is 1.94. The van der Waals surface area contributed by atoms with Crippen LogP contribution in [-0.4, -0.2) is 50.6 Å². The van der Waals surface area contributed by atoms with Crippen molar-refractivity contribution < 1.29 is 18.2 Å². The molecule has 0 saturated carbocycles. The van der Waals surface area contributed by atoms with E-state index in [-0.39, 0.29) is 0 Å². The Hall–Kier alpha value is 0.190. The summed E-state index contributed by atoms with van der Waals surface area (Å²) in [6, 6.07) is 0. The van der Waals surface area contributed by atoms with Crippen LogP contribution in [0.4, 0.5) is 0 Å². The first-order chi connectivity index (χ1) is 5.56. The standard InChI is InChI=1S/C7H18O4S/c1-9-4-5-10-6-7-11-12(2,3)8/h8H,4-7H2,1-3H3. The molecule has 0 fully saturated rings. The smallest absolute Gasteiger partial charge is 0.0947 e. The third-order valence-corrected chi connectivity index (χ3v) is 1.77. The SMILES string of the molecule is COCCOCCOS(C)(C)O. The van der Waals surface area contributed by atoms with Crippen LogP contribution in [0.3, 0.4) is 0 Å². The predicted molar refractivity (Wildman–Crippen MR) is 50.7 cm³/mol. The number of hydrogen-bond donors (Lipinski definition) is 1. The minimum atomic E-state index is -1.83. The van der Waals surface area contributed by atoms with Gasteiger partial charge in [0.1, 0.15) is 0 Å². The molecule has 0 spiro atoms. The Kier molecular flexibility index (Phi) is 6.78. The van der Waals surface area contributed by atoms with Gasteiger partial charge in [0, 0.05) is 19.6 Å². The maximum absolute atomic E-state index is 9.20. The molecule has 12 heavy (non-hydrogen) atoms. The van der Waals surface area contributed by atoms with Gasteiger partial charge in [0.25, 0.3) is 0 Å². The van der Waals surface area contributed by atoms with Crippen LogP contribution in [0.1, 0.15) is 0 Å². The molecule has 0 aliphatic heterocycles. The van der Waals surface area contributed by atoms with E-state index in [0.717, 1.165) is 0 Å². The normalized spacial score (nSPS) is 13.3. The van der Waals surface area contributed by atoms with Crippen molar-refractivity contribution in [2.24, 2.45) is 0 Å². The lowest BCUT2D eigenvalue weighted by Crippen LogP contribution is -2.09. The first kappa shape index (κ1) is 12.2. The Balaban J connectivity index is 3.01. The Morgan fingerprint density at radius 2 is 1.67 bits per heavy atom. The van der Waals surface area contributed by atoms with Crippen LogP contribution in [-0.2, 0) is 13.7 Å². The van der Waals surface area contributed by atoms with E-state index in [9.17, 15) is 4.55 Å². The van der Waals surface area contributed by atoms with Gasteiger partial charge in [0.2, 0.25) is 0 Å². The van der Waals surface area contributed by atoms with Crippen molar-refractivity contribution in [3.05, 3.63) is 0 Å². The molecule has 0 amide bonds. The molecule has 0 atom stereocenters. The van der Waals surface area contributed by atoms with Crippen molar-refractivity contribution in [1.29, 1.82) is 0 Å². The van der Waals surface area contributed by atoms with Gasteiger partial charge < -0.3 is 9.47 Å². The topological polar surface area (TPSA) is 47.9 Å². The summed E-state index contributed by atoms with van der Waals surface area (Å²) >= 11 is 0. The molecule has 0 aliphatic rings. The summed E-state index contributed by atoms with van der Waals surface area (Å²) in [4.78, 5) is 0. The van der Waals surface area contributed by atoms with E-state index < -0.39 is 10.6 Å². The van der Waals surface area contributed by atoms with Gasteiger partial charge in [-0.3, -0.25) is 8.74 Å². The monoisotopic (exact) mass is 198 g/mol. The van der Waals surface area contributed by atoms with Crippen LogP contribution in [0.25, 0.3) is 0 Å². The highest BCUT2D eigenvalue weighted by atomic mass is 32.3. The zero-order chi connectivity index (χ0) is 9.45. The highest BCUT2D eigenvalue weighted by Crippen LogP contribution is 2.34. The minimum Gasteiger partial charge on any atom is -0.382 e. The van der Waals surface area contributed by atoms with Gasteiger partial charge in [-0.1, -0.05) is 0 Å². The van der Waals surface area contributed by atoms with Crippen LogP contribution in [0.2, 0.25) is 0 Å². The second-order valence-electron chi connectivity index (χ2n) is 2.61. The van der Waals surface area contributed by atoms with E-state index in [4.69, 9.17) is 13.7 Å². The van der Waals surface area contributed by atoms with Crippen molar-refractivity contribution in [3.63, 3.8) is 0 Å². The highest BCUT2D eigenvalue weighted by Gasteiger charge is 1.99. The molecular formula is C7H18O4S.